The molecule has 3 heterocycles. The fourth-order valence-corrected chi connectivity index (χ4v) is 5.33. The number of nitrogens with zero attached hydrogens (tertiary/aromatic N) is 2. The van der Waals surface area contributed by atoms with Gasteiger partial charge >= 0.3 is 6.18 Å². The van der Waals surface area contributed by atoms with E-state index in [0.717, 1.165) is 11.6 Å². The first-order valence-corrected chi connectivity index (χ1v) is 12.8. The summed E-state index contributed by atoms with van der Waals surface area (Å²) in [5.41, 5.74) is 1.82. The largest absolute Gasteiger partial charge is 0.489 e. The van der Waals surface area contributed by atoms with Crippen LogP contribution in [0.3, 0.4) is 0 Å². The third-order valence-corrected chi connectivity index (χ3v) is 7.39. The number of pyridine rings is 1. The van der Waals surface area contributed by atoms with E-state index in [4.69, 9.17) is 4.74 Å². The number of halogens is 3. The van der Waals surface area contributed by atoms with Crippen molar-refractivity contribution >= 4 is 32.8 Å². The molecule has 2 aliphatic rings. The highest BCUT2D eigenvalue weighted by molar-refractivity contribution is 7.92. The molecule has 0 saturated carbocycles. The van der Waals surface area contributed by atoms with E-state index in [1.807, 2.05) is 11.0 Å². The zero-order valence-corrected chi connectivity index (χ0v) is 19.9. The van der Waals surface area contributed by atoms with Gasteiger partial charge in [0.2, 0.25) is 0 Å². The molecule has 0 atom stereocenters. The Morgan fingerprint density at radius 1 is 1.06 bits per heavy atom. The monoisotopic (exact) mass is 516 g/mol. The topological polar surface area (TPSA) is 83.6 Å². The molecule has 5 rings (SSSR count). The summed E-state index contributed by atoms with van der Waals surface area (Å²) in [6, 6.07) is 13.1. The van der Waals surface area contributed by atoms with Gasteiger partial charge in [-0.2, -0.15) is 13.2 Å². The van der Waals surface area contributed by atoms with Crippen LogP contribution in [0.2, 0.25) is 0 Å². The minimum absolute atomic E-state index is 0.0116. The number of anilines is 3. The molecule has 11 heteroatoms. The van der Waals surface area contributed by atoms with E-state index in [1.54, 1.807) is 18.2 Å². The van der Waals surface area contributed by atoms with Gasteiger partial charge in [-0.3, -0.25) is 4.72 Å². The number of ether oxygens (including phenoxy) is 1. The average Bonchev–Trinajstić information content (AvgIpc) is 2.88. The number of hydrogen-bond acceptors (Lipinski definition) is 6. The third kappa shape index (κ3) is 4.89. The lowest BCUT2D eigenvalue weighted by atomic mass is 9.95. The highest BCUT2D eigenvalue weighted by atomic mass is 32.2. The van der Waals surface area contributed by atoms with Crippen molar-refractivity contribution in [2.45, 2.75) is 17.5 Å². The Kier molecular flexibility index (Phi) is 6.35. The molecule has 36 heavy (non-hydrogen) atoms. The van der Waals surface area contributed by atoms with Crippen LogP contribution in [0, 0.1) is 0 Å². The summed E-state index contributed by atoms with van der Waals surface area (Å²) in [5.74, 6) is 0.512. The van der Waals surface area contributed by atoms with Gasteiger partial charge in [-0.05, 0) is 61.0 Å². The van der Waals surface area contributed by atoms with E-state index < -0.39 is 21.8 Å². The van der Waals surface area contributed by atoms with E-state index >= 15 is 0 Å². The Labute approximate surface area is 206 Å². The molecule has 2 N–H and O–H groups in total. The predicted molar refractivity (Wildman–Crippen MR) is 131 cm³/mol. The Hall–Kier alpha value is -3.57. The molecule has 2 aromatic carbocycles. The zero-order chi connectivity index (χ0) is 25.3. The maximum Gasteiger partial charge on any atom is 0.416 e. The Morgan fingerprint density at radius 3 is 2.61 bits per heavy atom. The van der Waals surface area contributed by atoms with Gasteiger partial charge in [-0.1, -0.05) is 12.1 Å². The summed E-state index contributed by atoms with van der Waals surface area (Å²) in [7, 11) is -3.93. The molecule has 0 saturated heterocycles. The molecule has 3 aromatic rings. The van der Waals surface area contributed by atoms with Crippen LogP contribution >= 0.6 is 0 Å². The molecule has 2 aliphatic heterocycles. The van der Waals surface area contributed by atoms with Crippen LogP contribution in [0.5, 0.6) is 5.75 Å². The van der Waals surface area contributed by atoms with Crippen LogP contribution in [0.25, 0.3) is 5.57 Å². The highest BCUT2D eigenvalue weighted by Gasteiger charge is 2.33. The van der Waals surface area contributed by atoms with Crippen LogP contribution in [0.4, 0.5) is 30.4 Å². The summed E-state index contributed by atoms with van der Waals surface area (Å²) >= 11 is 0. The molecular formula is C25H23F3N4O3S. The molecule has 0 amide bonds. The minimum Gasteiger partial charge on any atom is -0.489 e. The van der Waals surface area contributed by atoms with Gasteiger partial charge in [-0.15, -0.1) is 0 Å². The fourth-order valence-electron chi connectivity index (χ4n) is 4.31. The molecule has 1 aromatic heterocycles. The maximum atomic E-state index is 13.5. The summed E-state index contributed by atoms with van der Waals surface area (Å²) in [5, 5.41) is 3.18. The van der Waals surface area contributed by atoms with Crippen molar-refractivity contribution in [3.05, 3.63) is 78.0 Å². The van der Waals surface area contributed by atoms with E-state index in [2.05, 4.69) is 15.0 Å². The van der Waals surface area contributed by atoms with Crippen LogP contribution in [0.15, 0.2) is 71.8 Å². The van der Waals surface area contributed by atoms with Crippen LogP contribution in [0.1, 0.15) is 17.5 Å². The lowest BCUT2D eigenvalue weighted by molar-refractivity contribution is -0.137. The number of rotatable bonds is 5. The molecule has 0 fully saturated rings. The third-order valence-electron chi connectivity index (χ3n) is 6.03. The first-order valence-electron chi connectivity index (χ1n) is 11.3. The van der Waals surface area contributed by atoms with Gasteiger partial charge in [0.15, 0.2) is 0 Å². The smallest absolute Gasteiger partial charge is 0.416 e. The van der Waals surface area contributed by atoms with E-state index in [9.17, 15) is 21.6 Å². The van der Waals surface area contributed by atoms with Crippen LogP contribution in [-0.4, -0.2) is 39.6 Å². The standard InChI is InChI=1S/C25H23F3N4O3S/c26-25(27,28)18-4-6-21(20(15-18)17-8-11-29-12-9-17)32-13-14-35-23-16-19(5-7-22(23)32)36(33,34)31-24-3-1-2-10-30-24/h1-8,10,15-16,29H,9,11-14H2,(H,30,31). The van der Waals surface area contributed by atoms with E-state index in [0.29, 0.717) is 48.7 Å². The highest BCUT2D eigenvalue weighted by Crippen LogP contribution is 2.43. The number of alkyl halides is 3. The van der Waals surface area contributed by atoms with E-state index in [1.165, 1.54) is 36.5 Å². The molecule has 7 nitrogen and oxygen atoms in total. The summed E-state index contributed by atoms with van der Waals surface area (Å²) in [6.45, 7) is 1.89. The van der Waals surface area contributed by atoms with Crippen LogP contribution in [-0.2, 0) is 16.2 Å². The fraction of sp³-hybridized carbons (Fsp3) is 0.240. The summed E-state index contributed by atoms with van der Waals surface area (Å²) in [4.78, 5) is 5.85. The van der Waals surface area contributed by atoms with Crippen molar-refractivity contribution in [1.29, 1.82) is 0 Å². The van der Waals surface area contributed by atoms with Crippen molar-refractivity contribution in [2.75, 3.05) is 35.9 Å². The van der Waals surface area contributed by atoms with Gasteiger partial charge in [0.1, 0.15) is 18.2 Å². The van der Waals surface area contributed by atoms with Gasteiger partial charge in [0.25, 0.3) is 10.0 Å². The molecule has 188 valence electrons. The SMILES string of the molecule is O=S(=O)(Nc1ccccn1)c1ccc2c(c1)OCCN2c1ccc(C(F)(F)F)cc1C1=CCNCC1. The van der Waals surface area contributed by atoms with Crippen molar-refractivity contribution in [3.8, 4) is 5.75 Å². The number of fused-ring (bicyclic) bond motifs is 1. The van der Waals surface area contributed by atoms with Crippen LogP contribution < -0.4 is 19.7 Å². The Morgan fingerprint density at radius 2 is 1.89 bits per heavy atom. The van der Waals surface area contributed by atoms with Crippen molar-refractivity contribution < 1.29 is 26.3 Å². The summed E-state index contributed by atoms with van der Waals surface area (Å²) < 4.78 is 74.6. The van der Waals surface area contributed by atoms with Crippen molar-refractivity contribution in [1.82, 2.24) is 10.3 Å². The first kappa shape index (κ1) is 24.1. The predicted octanol–water partition coefficient (Wildman–Crippen LogP) is 4.81. The van der Waals surface area contributed by atoms with Gasteiger partial charge in [0, 0.05) is 30.1 Å². The lowest BCUT2D eigenvalue weighted by Crippen LogP contribution is -2.30. The quantitative estimate of drug-likeness (QED) is 0.507. The van der Waals surface area contributed by atoms with E-state index in [-0.39, 0.29) is 17.3 Å². The summed E-state index contributed by atoms with van der Waals surface area (Å²) in [6.07, 6.45) is -0.483. The molecule has 0 aliphatic carbocycles. The molecule has 0 radical (unpaired) electrons. The second-order valence-corrected chi connectivity index (χ2v) is 10.0. The van der Waals surface area contributed by atoms with Gasteiger partial charge in [-0.25, -0.2) is 13.4 Å². The molecule has 0 spiro atoms. The van der Waals surface area contributed by atoms with Gasteiger partial charge in [0.05, 0.1) is 22.7 Å². The first-order chi connectivity index (χ1) is 17.2. The van der Waals surface area contributed by atoms with Gasteiger partial charge < -0.3 is 15.0 Å². The maximum absolute atomic E-state index is 13.5. The zero-order valence-electron chi connectivity index (χ0n) is 19.0. The van der Waals surface area contributed by atoms with Crippen molar-refractivity contribution in [2.24, 2.45) is 0 Å². The minimum atomic E-state index is -4.46. The second kappa shape index (κ2) is 9.47. The number of aromatic nitrogens is 1. The number of hydrogen-bond donors (Lipinski definition) is 2. The Bertz CT molecular complexity index is 1410. The average molecular weight is 517 g/mol. The lowest BCUT2D eigenvalue weighted by Gasteiger charge is -2.34. The number of sulfonamides is 1. The Balaban J connectivity index is 1.53. The number of benzene rings is 2. The molecule has 0 bridgehead atoms. The molecule has 0 unspecified atom stereocenters. The number of nitrogens with one attached hydrogen (secondary N) is 2. The second-order valence-electron chi connectivity index (χ2n) is 8.36. The molecular weight excluding hydrogens is 493 g/mol. The normalized spacial score (nSPS) is 16.1. The van der Waals surface area contributed by atoms with Crippen molar-refractivity contribution in [3.63, 3.8) is 0 Å².